The van der Waals surface area contributed by atoms with E-state index < -0.39 is 0 Å². The lowest BCUT2D eigenvalue weighted by atomic mass is 9.78. The first kappa shape index (κ1) is 41.0. The molecule has 0 fully saturated rings. The summed E-state index contributed by atoms with van der Waals surface area (Å²) in [5.74, 6) is 0. The molecule has 0 heteroatoms. The van der Waals surface area contributed by atoms with E-state index in [4.69, 9.17) is 0 Å². The highest BCUT2D eigenvalue weighted by molar-refractivity contribution is 6.37. The molecule has 16 aromatic rings. The minimum Gasteiger partial charge on any atom is -0.0616 e. The molecule has 0 N–H and O–H groups in total. The molecule has 0 radical (unpaired) electrons. The van der Waals surface area contributed by atoms with Crippen molar-refractivity contribution >= 4 is 118 Å². The van der Waals surface area contributed by atoms with E-state index in [9.17, 15) is 0 Å². The zero-order chi connectivity index (χ0) is 48.4. The molecule has 0 spiro atoms. The Morgan fingerprint density at radius 2 is 0.419 bits per heavy atom. The van der Waals surface area contributed by atoms with Crippen LogP contribution in [-0.2, 0) is 0 Å². The van der Waals surface area contributed by atoms with E-state index in [0.29, 0.717) is 0 Å². The standard InChI is InChI=1S/C74H44/c1-2-22-46-43-47(42-41-45(46)21-1)68-54-29-9-13-33-58(54)71(59-34-14-10-30-55(59)68)73-62-37-17-19-39-64(62)74(65-40-20-18-38-63(65)73)72-60-35-15-11-31-56(60)70(57-32-12-16-36-61(57)72)67-44-66-50-25-4-3-23-48(50)49-24-5-7-27-52(49)69(66)53-28-8-6-26-51(53)67/h1-44H. The van der Waals surface area contributed by atoms with Crippen molar-refractivity contribution < 1.29 is 0 Å². The Bertz CT molecular complexity index is 4900. The highest BCUT2D eigenvalue weighted by Crippen LogP contribution is 2.54. The number of hydrogen-bond acceptors (Lipinski definition) is 0. The lowest BCUT2D eigenvalue weighted by Crippen LogP contribution is -1.96. The molecule has 0 bridgehead atoms. The van der Waals surface area contributed by atoms with Gasteiger partial charge in [0, 0.05) is 0 Å². The molecule has 0 saturated heterocycles. The lowest BCUT2D eigenvalue weighted by Gasteiger charge is -2.24. The summed E-state index contributed by atoms with van der Waals surface area (Å²) in [6, 6.07) is 100. The van der Waals surface area contributed by atoms with E-state index in [0.717, 1.165) is 0 Å². The molecule has 16 aromatic carbocycles. The van der Waals surface area contributed by atoms with Crippen LogP contribution in [0.1, 0.15) is 0 Å². The molecule has 340 valence electrons. The third-order valence-corrected chi connectivity index (χ3v) is 16.4. The highest BCUT2D eigenvalue weighted by Gasteiger charge is 2.26. The van der Waals surface area contributed by atoms with Crippen molar-refractivity contribution in [2.24, 2.45) is 0 Å². The SMILES string of the molecule is c1ccc2cc(-c3c4ccccc4c(-c4c5ccccc5c(-c5c6ccccc6c(-c6cc7c8ccccc8c8ccccc8c7c7ccccc67)c6ccccc56)c5ccccc45)c4ccccc34)ccc2c1. The Kier molecular flexibility index (Phi) is 8.84. The van der Waals surface area contributed by atoms with Crippen LogP contribution in [0.4, 0.5) is 0 Å². The first-order valence-corrected chi connectivity index (χ1v) is 25.8. The molecule has 0 aliphatic heterocycles. The van der Waals surface area contributed by atoms with Gasteiger partial charge in [-0.2, -0.15) is 0 Å². The molecule has 16 rings (SSSR count). The third kappa shape index (κ3) is 5.80. The Labute approximate surface area is 427 Å². The number of rotatable bonds is 4. The van der Waals surface area contributed by atoms with Crippen molar-refractivity contribution in [1.82, 2.24) is 0 Å². The molecule has 74 heavy (non-hydrogen) atoms. The molecule has 0 heterocycles. The van der Waals surface area contributed by atoms with E-state index in [-0.39, 0.29) is 0 Å². The van der Waals surface area contributed by atoms with E-state index in [1.807, 2.05) is 0 Å². The van der Waals surface area contributed by atoms with E-state index in [2.05, 4.69) is 267 Å². The summed E-state index contributed by atoms with van der Waals surface area (Å²) in [4.78, 5) is 0. The lowest BCUT2D eigenvalue weighted by molar-refractivity contribution is 1.69. The minimum atomic E-state index is 1.23. The Hall–Kier alpha value is -9.62. The smallest absolute Gasteiger partial charge is 0.00139 e. The van der Waals surface area contributed by atoms with Crippen molar-refractivity contribution in [3.63, 3.8) is 0 Å². The van der Waals surface area contributed by atoms with Crippen LogP contribution in [0.2, 0.25) is 0 Å². The van der Waals surface area contributed by atoms with Crippen LogP contribution in [0.25, 0.3) is 163 Å². The monoisotopic (exact) mass is 932 g/mol. The summed E-state index contributed by atoms with van der Waals surface area (Å²) < 4.78 is 0. The van der Waals surface area contributed by atoms with Crippen LogP contribution < -0.4 is 0 Å². The molecule has 0 aliphatic rings. The fourth-order valence-electron chi connectivity index (χ4n) is 13.4. The summed E-state index contributed by atoms with van der Waals surface area (Å²) in [5.41, 5.74) is 10.1. The number of benzene rings is 16. The van der Waals surface area contributed by atoms with Gasteiger partial charge in [0.2, 0.25) is 0 Å². The maximum Gasteiger partial charge on any atom is -0.00139 e. The van der Waals surface area contributed by atoms with Crippen molar-refractivity contribution in [3.8, 4) is 44.5 Å². The van der Waals surface area contributed by atoms with Gasteiger partial charge >= 0.3 is 0 Å². The Morgan fingerprint density at radius 1 is 0.149 bits per heavy atom. The van der Waals surface area contributed by atoms with Crippen LogP contribution in [0.3, 0.4) is 0 Å². The zero-order valence-electron chi connectivity index (χ0n) is 40.4. The summed E-state index contributed by atoms with van der Waals surface area (Å²) in [7, 11) is 0. The number of hydrogen-bond donors (Lipinski definition) is 0. The van der Waals surface area contributed by atoms with E-state index >= 15 is 0 Å². The van der Waals surface area contributed by atoms with Crippen LogP contribution in [0.5, 0.6) is 0 Å². The van der Waals surface area contributed by atoms with Crippen molar-refractivity contribution in [3.05, 3.63) is 267 Å². The molecule has 0 aromatic heterocycles. The molecule has 0 unspecified atom stereocenters. The average molecular weight is 933 g/mol. The average Bonchev–Trinajstić information content (AvgIpc) is 3.48. The van der Waals surface area contributed by atoms with Gasteiger partial charge in [-0.25, -0.2) is 0 Å². The molecule has 0 aliphatic carbocycles. The van der Waals surface area contributed by atoms with Gasteiger partial charge in [-0.05, 0) is 175 Å². The summed E-state index contributed by atoms with van der Waals surface area (Å²) in [6.45, 7) is 0. The normalized spacial score (nSPS) is 12.1. The van der Waals surface area contributed by atoms with Gasteiger partial charge in [0.15, 0.2) is 0 Å². The molecule has 0 amide bonds. The molecular weight excluding hydrogens is 889 g/mol. The zero-order valence-corrected chi connectivity index (χ0v) is 40.4. The van der Waals surface area contributed by atoms with E-state index in [1.54, 1.807) is 0 Å². The predicted octanol–water partition coefficient (Wildman–Crippen LogP) is 21.0. The van der Waals surface area contributed by atoms with Crippen molar-refractivity contribution in [1.29, 1.82) is 0 Å². The molecular formula is C74H44. The second-order valence-electron chi connectivity index (χ2n) is 20.1. The van der Waals surface area contributed by atoms with Gasteiger partial charge in [0.1, 0.15) is 0 Å². The highest BCUT2D eigenvalue weighted by atomic mass is 14.3. The summed E-state index contributed by atoms with van der Waals surface area (Å²) >= 11 is 0. The summed E-state index contributed by atoms with van der Waals surface area (Å²) in [6.07, 6.45) is 0. The first-order valence-electron chi connectivity index (χ1n) is 25.8. The fourth-order valence-corrected chi connectivity index (χ4v) is 13.4. The van der Waals surface area contributed by atoms with Crippen molar-refractivity contribution in [2.75, 3.05) is 0 Å². The van der Waals surface area contributed by atoms with Crippen molar-refractivity contribution in [2.45, 2.75) is 0 Å². The molecule has 0 saturated carbocycles. The fraction of sp³-hybridized carbons (Fsp3) is 0. The Morgan fingerprint density at radius 3 is 0.824 bits per heavy atom. The van der Waals surface area contributed by atoms with Gasteiger partial charge in [0.05, 0.1) is 0 Å². The maximum absolute atomic E-state index is 2.51. The number of fused-ring (bicyclic) bond motifs is 15. The van der Waals surface area contributed by atoms with Crippen LogP contribution in [0.15, 0.2) is 267 Å². The maximum atomic E-state index is 2.51. The third-order valence-electron chi connectivity index (χ3n) is 16.4. The van der Waals surface area contributed by atoms with Gasteiger partial charge in [-0.15, -0.1) is 0 Å². The summed E-state index contributed by atoms with van der Waals surface area (Å²) in [5, 5.41) is 27.7. The topological polar surface area (TPSA) is 0 Å². The largest absolute Gasteiger partial charge is 0.0616 e. The second-order valence-corrected chi connectivity index (χ2v) is 20.1. The second kappa shape index (κ2) is 15.9. The quantitative estimate of drug-likeness (QED) is 0.122. The van der Waals surface area contributed by atoms with Crippen LogP contribution in [0, 0.1) is 0 Å². The van der Waals surface area contributed by atoms with Gasteiger partial charge in [0.25, 0.3) is 0 Å². The van der Waals surface area contributed by atoms with E-state index in [1.165, 1.54) is 163 Å². The first-order chi connectivity index (χ1) is 36.8. The Balaban J connectivity index is 1.02. The van der Waals surface area contributed by atoms with Gasteiger partial charge in [-0.1, -0.05) is 255 Å². The molecule has 0 atom stereocenters. The van der Waals surface area contributed by atoms with Crippen LogP contribution >= 0.6 is 0 Å². The molecule has 0 nitrogen and oxygen atoms in total. The van der Waals surface area contributed by atoms with Gasteiger partial charge in [-0.3, -0.25) is 0 Å². The van der Waals surface area contributed by atoms with Gasteiger partial charge < -0.3 is 0 Å². The minimum absolute atomic E-state index is 1.23. The van der Waals surface area contributed by atoms with Crippen LogP contribution in [-0.4, -0.2) is 0 Å². The predicted molar refractivity (Wildman–Crippen MR) is 321 cm³/mol.